The Morgan fingerprint density at radius 1 is 1.10 bits per heavy atom. The first-order chi connectivity index (χ1) is 10.2. The third-order valence-electron chi connectivity index (χ3n) is 3.06. The van der Waals surface area contributed by atoms with Gasteiger partial charge in [-0.2, -0.15) is 0 Å². The predicted molar refractivity (Wildman–Crippen MR) is 93.7 cm³/mol. The number of carbonyl (C=O) groups excluding carboxylic acids is 1. The van der Waals surface area contributed by atoms with Crippen LogP contribution in [-0.2, 0) is 11.2 Å². The molecular weight excluding hydrogens is 377 g/mol. The van der Waals surface area contributed by atoms with Gasteiger partial charge in [-0.25, -0.2) is 0 Å². The molecule has 1 N–H and O–H groups in total. The first kappa shape index (κ1) is 15.8. The van der Waals surface area contributed by atoms with Gasteiger partial charge in [-0.3, -0.25) is 4.79 Å². The van der Waals surface area contributed by atoms with Crippen LogP contribution in [0.3, 0.4) is 0 Å². The van der Waals surface area contributed by atoms with Gasteiger partial charge in [0.2, 0.25) is 5.91 Å². The summed E-state index contributed by atoms with van der Waals surface area (Å²) >= 11 is 2.23. The minimum atomic E-state index is -0.0404. The van der Waals surface area contributed by atoms with Crippen molar-refractivity contribution in [2.24, 2.45) is 0 Å². The molecule has 0 aliphatic carbocycles. The molecule has 2 aromatic rings. The van der Waals surface area contributed by atoms with Gasteiger partial charge in [0.15, 0.2) is 0 Å². The average Bonchev–Trinajstić information content (AvgIpc) is 2.50. The standard InChI is InChI=1S/C17H18INO2/c1-2-13-3-9-16(10-4-13)21-12-11-17(20)19-15-7-5-14(18)6-8-15/h3-10H,2,11-12H2,1H3,(H,19,20). The number of benzene rings is 2. The lowest BCUT2D eigenvalue weighted by Gasteiger charge is -2.08. The quantitative estimate of drug-likeness (QED) is 0.743. The number of hydrogen-bond acceptors (Lipinski definition) is 2. The lowest BCUT2D eigenvalue weighted by atomic mass is 10.2. The van der Waals surface area contributed by atoms with E-state index in [9.17, 15) is 4.79 Å². The molecule has 110 valence electrons. The molecule has 4 heteroatoms. The van der Waals surface area contributed by atoms with Gasteiger partial charge in [0.1, 0.15) is 5.75 Å². The third kappa shape index (κ3) is 5.38. The number of anilines is 1. The molecule has 0 atom stereocenters. The lowest BCUT2D eigenvalue weighted by molar-refractivity contribution is -0.116. The largest absolute Gasteiger partial charge is 0.493 e. The van der Waals surface area contributed by atoms with Crippen molar-refractivity contribution in [1.82, 2.24) is 0 Å². The van der Waals surface area contributed by atoms with E-state index >= 15 is 0 Å². The molecule has 2 aromatic carbocycles. The maximum atomic E-state index is 11.8. The second-order valence-electron chi connectivity index (χ2n) is 4.65. The van der Waals surface area contributed by atoms with Gasteiger partial charge in [-0.1, -0.05) is 19.1 Å². The van der Waals surface area contributed by atoms with E-state index in [4.69, 9.17) is 4.74 Å². The number of ether oxygens (including phenoxy) is 1. The van der Waals surface area contributed by atoms with Crippen LogP contribution in [0.2, 0.25) is 0 Å². The summed E-state index contributed by atoms with van der Waals surface area (Å²) in [6.07, 6.45) is 1.35. The second kappa shape index (κ2) is 8.02. The number of nitrogens with one attached hydrogen (secondary N) is 1. The number of aryl methyl sites for hydroxylation is 1. The van der Waals surface area contributed by atoms with Crippen LogP contribution in [-0.4, -0.2) is 12.5 Å². The van der Waals surface area contributed by atoms with Gasteiger partial charge < -0.3 is 10.1 Å². The third-order valence-corrected chi connectivity index (χ3v) is 3.78. The summed E-state index contributed by atoms with van der Waals surface area (Å²) < 4.78 is 6.71. The molecule has 0 saturated heterocycles. The van der Waals surface area contributed by atoms with Gasteiger partial charge in [-0.05, 0) is 71.0 Å². The molecule has 21 heavy (non-hydrogen) atoms. The zero-order valence-electron chi connectivity index (χ0n) is 11.9. The van der Waals surface area contributed by atoms with Crippen molar-refractivity contribution in [3.05, 3.63) is 57.7 Å². The van der Waals surface area contributed by atoms with E-state index in [2.05, 4.69) is 34.8 Å². The minimum Gasteiger partial charge on any atom is -0.493 e. The Balaban J connectivity index is 1.74. The van der Waals surface area contributed by atoms with E-state index in [1.54, 1.807) is 0 Å². The van der Waals surface area contributed by atoms with Crippen molar-refractivity contribution < 1.29 is 9.53 Å². The van der Waals surface area contributed by atoms with Crippen molar-refractivity contribution in [1.29, 1.82) is 0 Å². The molecule has 0 radical (unpaired) electrons. The predicted octanol–water partition coefficient (Wildman–Crippen LogP) is 4.26. The highest BCUT2D eigenvalue weighted by Gasteiger charge is 2.03. The molecule has 0 spiro atoms. The first-order valence-electron chi connectivity index (χ1n) is 6.94. The Morgan fingerprint density at radius 2 is 1.76 bits per heavy atom. The number of amides is 1. The summed E-state index contributed by atoms with van der Waals surface area (Å²) in [5.41, 5.74) is 2.09. The van der Waals surface area contributed by atoms with Crippen molar-refractivity contribution in [2.45, 2.75) is 19.8 Å². The normalized spacial score (nSPS) is 10.2. The maximum absolute atomic E-state index is 11.8. The summed E-state index contributed by atoms with van der Waals surface area (Å²) in [5.74, 6) is 0.760. The maximum Gasteiger partial charge on any atom is 0.227 e. The molecule has 0 aliphatic rings. The molecule has 3 nitrogen and oxygen atoms in total. The topological polar surface area (TPSA) is 38.3 Å². The fourth-order valence-corrected chi connectivity index (χ4v) is 2.20. The molecule has 0 aliphatic heterocycles. The zero-order chi connectivity index (χ0) is 15.1. The molecule has 2 rings (SSSR count). The SMILES string of the molecule is CCc1ccc(OCCC(=O)Nc2ccc(I)cc2)cc1. The van der Waals surface area contributed by atoms with Crippen LogP contribution >= 0.6 is 22.6 Å². The van der Waals surface area contributed by atoms with Crippen LogP contribution in [0, 0.1) is 3.57 Å². The number of hydrogen-bond donors (Lipinski definition) is 1. The zero-order valence-corrected chi connectivity index (χ0v) is 14.1. The van der Waals surface area contributed by atoms with Crippen LogP contribution in [0.15, 0.2) is 48.5 Å². The molecule has 0 unspecified atom stereocenters. The summed E-state index contributed by atoms with van der Waals surface area (Å²) in [4.78, 5) is 11.8. The average molecular weight is 395 g/mol. The van der Waals surface area contributed by atoms with Crippen LogP contribution < -0.4 is 10.1 Å². The molecule has 0 saturated carbocycles. The van der Waals surface area contributed by atoms with Crippen LogP contribution in [0.25, 0.3) is 0 Å². The summed E-state index contributed by atoms with van der Waals surface area (Å²) in [5, 5.41) is 2.85. The van der Waals surface area contributed by atoms with E-state index in [-0.39, 0.29) is 5.91 Å². The Hall–Kier alpha value is -1.56. The highest BCUT2D eigenvalue weighted by molar-refractivity contribution is 14.1. The summed E-state index contributed by atoms with van der Waals surface area (Å²) in [6.45, 7) is 2.49. The smallest absolute Gasteiger partial charge is 0.227 e. The lowest BCUT2D eigenvalue weighted by Crippen LogP contribution is -2.15. The fourth-order valence-electron chi connectivity index (χ4n) is 1.84. The molecule has 0 heterocycles. The first-order valence-corrected chi connectivity index (χ1v) is 8.02. The van der Waals surface area contributed by atoms with Gasteiger partial charge in [0.05, 0.1) is 13.0 Å². The molecule has 0 fully saturated rings. The van der Waals surface area contributed by atoms with Gasteiger partial charge >= 0.3 is 0 Å². The summed E-state index contributed by atoms with van der Waals surface area (Å²) in [6, 6.07) is 15.7. The Labute approximate surface area is 138 Å². The van der Waals surface area contributed by atoms with Crippen molar-refractivity contribution in [2.75, 3.05) is 11.9 Å². The number of halogens is 1. The van der Waals surface area contributed by atoms with Crippen LogP contribution in [0.1, 0.15) is 18.9 Å². The fraction of sp³-hybridized carbons (Fsp3) is 0.235. The van der Waals surface area contributed by atoms with Gasteiger partial charge in [0.25, 0.3) is 0 Å². The Bertz CT molecular complexity index is 579. The van der Waals surface area contributed by atoms with Gasteiger partial charge in [-0.15, -0.1) is 0 Å². The van der Waals surface area contributed by atoms with E-state index in [1.807, 2.05) is 48.5 Å². The highest BCUT2D eigenvalue weighted by Crippen LogP contribution is 2.13. The van der Waals surface area contributed by atoms with Crippen molar-refractivity contribution in [3.63, 3.8) is 0 Å². The summed E-state index contributed by atoms with van der Waals surface area (Å²) in [7, 11) is 0. The minimum absolute atomic E-state index is 0.0404. The van der Waals surface area contributed by atoms with E-state index in [1.165, 1.54) is 5.56 Å². The van der Waals surface area contributed by atoms with Crippen molar-refractivity contribution >= 4 is 34.2 Å². The van der Waals surface area contributed by atoms with E-state index in [0.717, 1.165) is 21.4 Å². The van der Waals surface area contributed by atoms with Gasteiger partial charge in [0, 0.05) is 9.26 Å². The second-order valence-corrected chi connectivity index (χ2v) is 5.90. The Kier molecular flexibility index (Phi) is 6.04. The van der Waals surface area contributed by atoms with Crippen molar-refractivity contribution in [3.8, 4) is 5.75 Å². The van der Waals surface area contributed by atoms with E-state index in [0.29, 0.717) is 13.0 Å². The highest BCUT2D eigenvalue weighted by atomic mass is 127. The van der Waals surface area contributed by atoms with Crippen LogP contribution in [0.5, 0.6) is 5.75 Å². The molecular formula is C17H18INO2. The molecule has 0 aromatic heterocycles. The monoisotopic (exact) mass is 395 g/mol. The molecule has 1 amide bonds. The van der Waals surface area contributed by atoms with E-state index < -0.39 is 0 Å². The van der Waals surface area contributed by atoms with Crippen LogP contribution in [0.4, 0.5) is 5.69 Å². The molecule has 0 bridgehead atoms. The number of rotatable bonds is 6. The Morgan fingerprint density at radius 3 is 2.38 bits per heavy atom. The number of carbonyl (C=O) groups is 1.